The van der Waals surface area contributed by atoms with Crippen LogP contribution >= 0.6 is 0 Å². The smallest absolute Gasteiger partial charge is 0.337 e. The molecule has 0 bridgehead atoms. The van der Waals surface area contributed by atoms with Crippen LogP contribution in [0.2, 0.25) is 0 Å². The number of hydrogen-bond donors (Lipinski definition) is 1. The molecule has 0 aliphatic heterocycles. The molecular weight excluding hydrogens is 356 g/mol. The molecule has 0 aromatic heterocycles. The van der Waals surface area contributed by atoms with Crippen LogP contribution in [0.3, 0.4) is 0 Å². The van der Waals surface area contributed by atoms with Crippen LogP contribution in [0.15, 0.2) is 24.3 Å². The molecule has 1 aliphatic carbocycles. The first kappa shape index (κ1) is 20.6. The maximum atomic E-state index is 12.6. The fourth-order valence-corrected chi connectivity index (χ4v) is 3.63. The zero-order valence-corrected chi connectivity index (χ0v) is 15.6. The number of carbonyl (C=O) groups excluding carboxylic acids is 4. The van der Waals surface area contributed by atoms with E-state index in [9.17, 15) is 24.3 Å². The minimum Gasteiger partial charge on any atom is -0.469 e. The van der Waals surface area contributed by atoms with Gasteiger partial charge in [-0.1, -0.05) is 12.1 Å². The summed E-state index contributed by atoms with van der Waals surface area (Å²) in [5.41, 5.74) is -1.03. The summed E-state index contributed by atoms with van der Waals surface area (Å²) in [5, 5.41) is 10.7. The molecule has 1 N–H and O–H groups in total. The predicted octanol–water partition coefficient (Wildman–Crippen LogP) is 0.859. The van der Waals surface area contributed by atoms with E-state index in [4.69, 9.17) is 9.47 Å². The average Bonchev–Trinajstić information content (AvgIpc) is 2.65. The highest BCUT2D eigenvalue weighted by atomic mass is 16.5. The van der Waals surface area contributed by atoms with Crippen LogP contribution in [0.1, 0.15) is 35.2 Å². The Bertz CT molecular complexity index is 749. The van der Waals surface area contributed by atoms with Crippen molar-refractivity contribution in [2.75, 3.05) is 21.3 Å². The lowest BCUT2D eigenvalue weighted by molar-refractivity contribution is -0.170. The number of esters is 3. The average molecular weight is 378 g/mol. The lowest BCUT2D eigenvalue weighted by Gasteiger charge is -2.43. The zero-order valence-electron chi connectivity index (χ0n) is 15.6. The fraction of sp³-hybridized carbons (Fsp3) is 0.474. The van der Waals surface area contributed by atoms with Crippen molar-refractivity contribution >= 4 is 23.7 Å². The van der Waals surface area contributed by atoms with E-state index in [2.05, 4.69) is 4.74 Å². The van der Waals surface area contributed by atoms with E-state index in [1.807, 2.05) is 0 Å². The molecule has 2 rings (SSSR count). The van der Waals surface area contributed by atoms with Gasteiger partial charge in [0.05, 0.1) is 38.4 Å². The van der Waals surface area contributed by atoms with E-state index in [-0.39, 0.29) is 12.0 Å². The third-order valence-electron chi connectivity index (χ3n) is 4.89. The molecule has 146 valence electrons. The standard InChI is InChI=1S/C19H22O8/c1-19(24)9-12(20)14(17(22)26-3)13(15(19)18(23)27-4)10-5-7-11(8-6-10)16(21)25-2/h5-8,13-15,24H,9H2,1-4H3/t13-,14-,15+,19+/m0/s1. The van der Waals surface area contributed by atoms with Crippen LogP contribution in [-0.4, -0.2) is 55.7 Å². The van der Waals surface area contributed by atoms with E-state index in [1.54, 1.807) is 0 Å². The molecule has 1 aromatic carbocycles. The van der Waals surface area contributed by atoms with Gasteiger partial charge in [-0.3, -0.25) is 14.4 Å². The Morgan fingerprint density at radius 3 is 2.04 bits per heavy atom. The lowest BCUT2D eigenvalue weighted by atomic mass is 9.61. The molecule has 1 aliphatic rings. The van der Waals surface area contributed by atoms with Crippen LogP contribution in [0.4, 0.5) is 0 Å². The highest BCUT2D eigenvalue weighted by Gasteiger charge is 2.56. The molecule has 1 fully saturated rings. The topological polar surface area (TPSA) is 116 Å². The molecule has 0 radical (unpaired) electrons. The summed E-state index contributed by atoms with van der Waals surface area (Å²) in [6.07, 6.45) is -0.386. The minimum atomic E-state index is -1.71. The van der Waals surface area contributed by atoms with Crippen molar-refractivity contribution in [2.45, 2.75) is 24.9 Å². The minimum absolute atomic E-state index is 0.263. The summed E-state index contributed by atoms with van der Waals surface area (Å²) in [5.74, 6) is -6.09. The first-order valence-electron chi connectivity index (χ1n) is 8.27. The third kappa shape index (κ3) is 3.85. The molecule has 0 unspecified atom stereocenters. The highest BCUT2D eigenvalue weighted by Crippen LogP contribution is 2.46. The van der Waals surface area contributed by atoms with Crippen LogP contribution in [0.25, 0.3) is 0 Å². The third-order valence-corrected chi connectivity index (χ3v) is 4.89. The number of aliphatic hydroxyl groups is 1. The normalized spacial score (nSPS) is 27.6. The van der Waals surface area contributed by atoms with Crippen molar-refractivity contribution in [3.8, 4) is 0 Å². The number of ether oxygens (including phenoxy) is 3. The summed E-state index contributed by atoms with van der Waals surface area (Å²) < 4.78 is 14.2. The first-order valence-corrected chi connectivity index (χ1v) is 8.27. The number of rotatable bonds is 4. The van der Waals surface area contributed by atoms with Crippen LogP contribution in [0.5, 0.6) is 0 Å². The van der Waals surface area contributed by atoms with Gasteiger partial charge in [-0.05, 0) is 24.6 Å². The van der Waals surface area contributed by atoms with Crippen molar-refractivity contribution in [1.82, 2.24) is 0 Å². The zero-order chi connectivity index (χ0) is 20.4. The SMILES string of the molecule is COC(=O)c1ccc([C@H]2[C@@H](C(=O)OC)C(=O)C[C@@](C)(O)[C@H]2C(=O)OC)cc1. The maximum absolute atomic E-state index is 12.6. The van der Waals surface area contributed by atoms with E-state index < -0.39 is 47.0 Å². The van der Waals surface area contributed by atoms with E-state index in [0.29, 0.717) is 5.56 Å². The molecular formula is C19H22O8. The van der Waals surface area contributed by atoms with Crippen molar-refractivity contribution in [1.29, 1.82) is 0 Å². The quantitative estimate of drug-likeness (QED) is 0.466. The van der Waals surface area contributed by atoms with Gasteiger partial charge in [0.1, 0.15) is 5.92 Å². The number of methoxy groups -OCH3 is 3. The number of benzene rings is 1. The molecule has 0 heterocycles. The number of hydrogen-bond acceptors (Lipinski definition) is 8. The predicted molar refractivity (Wildman–Crippen MR) is 91.8 cm³/mol. The van der Waals surface area contributed by atoms with Gasteiger partial charge in [0.2, 0.25) is 0 Å². The second-order valence-corrected chi connectivity index (χ2v) is 6.64. The van der Waals surface area contributed by atoms with Crippen molar-refractivity contribution < 1.29 is 38.5 Å². The molecule has 27 heavy (non-hydrogen) atoms. The van der Waals surface area contributed by atoms with Crippen molar-refractivity contribution in [3.05, 3.63) is 35.4 Å². The molecule has 0 amide bonds. The number of ketones is 1. The summed E-state index contributed by atoms with van der Waals surface area (Å²) in [7, 11) is 3.56. The number of carbonyl (C=O) groups is 4. The fourth-order valence-electron chi connectivity index (χ4n) is 3.63. The maximum Gasteiger partial charge on any atom is 0.337 e. The van der Waals surface area contributed by atoms with Gasteiger partial charge in [-0.2, -0.15) is 0 Å². The molecule has 1 aromatic rings. The largest absolute Gasteiger partial charge is 0.469 e. The highest BCUT2D eigenvalue weighted by molar-refractivity contribution is 6.02. The van der Waals surface area contributed by atoms with Crippen LogP contribution in [-0.2, 0) is 28.6 Å². The van der Waals surface area contributed by atoms with Gasteiger partial charge in [0.25, 0.3) is 0 Å². The summed E-state index contributed by atoms with van der Waals surface area (Å²) in [4.78, 5) is 48.9. The van der Waals surface area contributed by atoms with Gasteiger partial charge in [0.15, 0.2) is 5.78 Å². The second kappa shape index (κ2) is 7.87. The van der Waals surface area contributed by atoms with E-state index in [0.717, 1.165) is 7.11 Å². The van der Waals surface area contributed by atoms with Gasteiger partial charge >= 0.3 is 17.9 Å². The summed E-state index contributed by atoms with van der Waals surface area (Å²) in [6, 6.07) is 5.93. The van der Waals surface area contributed by atoms with Crippen LogP contribution in [0, 0.1) is 11.8 Å². The Labute approximate surface area is 156 Å². The monoisotopic (exact) mass is 378 g/mol. The van der Waals surface area contributed by atoms with Gasteiger partial charge in [0, 0.05) is 12.3 Å². The summed E-state index contributed by atoms with van der Waals surface area (Å²) in [6.45, 7) is 1.36. The molecule has 1 saturated carbocycles. The Balaban J connectivity index is 2.60. The Morgan fingerprint density at radius 2 is 1.56 bits per heavy atom. The Morgan fingerprint density at radius 1 is 1.00 bits per heavy atom. The van der Waals surface area contributed by atoms with Crippen molar-refractivity contribution in [2.24, 2.45) is 11.8 Å². The van der Waals surface area contributed by atoms with Gasteiger partial charge in [-0.25, -0.2) is 4.79 Å². The Kier molecular flexibility index (Phi) is 6.00. The first-order chi connectivity index (χ1) is 12.7. The number of Topliss-reactive ketones (excluding diaryl/α,β-unsaturated/α-hetero) is 1. The van der Waals surface area contributed by atoms with E-state index >= 15 is 0 Å². The molecule has 0 spiro atoms. The Hall–Kier alpha value is -2.74. The van der Waals surface area contributed by atoms with E-state index in [1.165, 1.54) is 45.4 Å². The van der Waals surface area contributed by atoms with Gasteiger partial charge in [-0.15, -0.1) is 0 Å². The second-order valence-electron chi connectivity index (χ2n) is 6.64. The molecule has 8 heteroatoms. The molecule has 4 atom stereocenters. The van der Waals surface area contributed by atoms with Gasteiger partial charge < -0.3 is 19.3 Å². The molecule has 8 nitrogen and oxygen atoms in total. The van der Waals surface area contributed by atoms with Crippen LogP contribution < -0.4 is 0 Å². The summed E-state index contributed by atoms with van der Waals surface area (Å²) >= 11 is 0. The lowest BCUT2D eigenvalue weighted by Crippen LogP contribution is -2.55. The van der Waals surface area contributed by atoms with Crippen molar-refractivity contribution in [3.63, 3.8) is 0 Å². The molecule has 0 saturated heterocycles.